The Hall–Kier alpha value is -2.10. The molecule has 1 aromatic heterocycles. The van der Waals surface area contributed by atoms with Crippen LogP contribution in [0.25, 0.3) is 10.9 Å². The van der Waals surface area contributed by atoms with Gasteiger partial charge in [-0.3, -0.25) is 9.59 Å². The van der Waals surface area contributed by atoms with E-state index in [0.29, 0.717) is 18.7 Å². The van der Waals surface area contributed by atoms with Crippen LogP contribution in [-0.4, -0.2) is 33.7 Å². The van der Waals surface area contributed by atoms with Crippen LogP contribution in [0, 0.1) is 0 Å². The summed E-state index contributed by atoms with van der Waals surface area (Å²) < 4.78 is 0. The normalized spacial score (nSPS) is 18.2. The Kier molecular flexibility index (Phi) is 2.49. The molecule has 1 aliphatic rings. The number of nitrogens with one attached hydrogen (secondary N) is 1. The number of ketones is 1. The van der Waals surface area contributed by atoms with Gasteiger partial charge in [-0.1, -0.05) is 18.2 Å². The molecule has 1 fully saturated rings. The van der Waals surface area contributed by atoms with Gasteiger partial charge in [0.15, 0.2) is 5.78 Å². The minimum atomic E-state index is -0.700. The molecule has 0 unspecified atom stereocenters. The molecule has 2 heterocycles. The van der Waals surface area contributed by atoms with Gasteiger partial charge >= 0.3 is 0 Å². The van der Waals surface area contributed by atoms with E-state index in [2.05, 4.69) is 4.98 Å². The Labute approximate surface area is 111 Å². The lowest BCUT2D eigenvalue weighted by molar-refractivity contribution is -0.123. The fourth-order valence-corrected chi connectivity index (χ4v) is 2.64. The number of carbonyl (C=O) groups excluding carboxylic acids is 2. The molecule has 1 N–H and O–H groups in total. The number of nitrogens with zero attached hydrogens (tertiary/aromatic N) is 1. The highest BCUT2D eigenvalue weighted by Crippen LogP contribution is 2.27. The van der Waals surface area contributed by atoms with Gasteiger partial charge in [-0.05, 0) is 26.0 Å². The molecular formula is C15H16N2O2. The molecule has 0 radical (unpaired) electrons. The predicted molar refractivity (Wildman–Crippen MR) is 73.0 cm³/mol. The number of para-hydroxylation sites is 1. The first-order valence-corrected chi connectivity index (χ1v) is 6.43. The van der Waals surface area contributed by atoms with E-state index < -0.39 is 5.54 Å². The van der Waals surface area contributed by atoms with E-state index in [1.807, 2.05) is 44.2 Å². The lowest BCUT2D eigenvalue weighted by atomic mass is 10.0. The van der Waals surface area contributed by atoms with Gasteiger partial charge in [0.25, 0.3) is 5.91 Å². The van der Waals surface area contributed by atoms with Gasteiger partial charge in [0.1, 0.15) is 5.69 Å². The summed E-state index contributed by atoms with van der Waals surface area (Å²) in [7, 11) is 0. The van der Waals surface area contributed by atoms with E-state index in [1.165, 1.54) is 0 Å². The van der Waals surface area contributed by atoms with E-state index >= 15 is 0 Å². The van der Waals surface area contributed by atoms with Crippen LogP contribution < -0.4 is 0 Å². The largest absolute Gasteiger partial charge is 0.351 e. The number of benzene rings is 1. The molecule has 1 aliphatic heterocycles. The molecule has 1 saturated heterocycles. The lowest BCUT2D eigenvalue weighted by Crippen LogP contribution is -2.46. The number of likely N-dealkylation sites (tertiary alicyclic amines) is 1. The average molecular weight is 256 g/mol. The van der Waals surface area contributed by atoms with Crippen LogP contribution in [0.5, 0.6) is 0 Å². The number of aromatic nitrogens is 1. The number of H-pyrrole nitrogens is 1. The standard InChI is InChI=1S/C15H16N2O2/c1-15(2)13(18)7-8-17(15)14(19)12-9-10-5-3-4-6-11(10)16-12/h3-6,9,16H,7-8H2,1-2H3. The highest BCUT2D eigenvalue weighted by Gasteiger charge is 2.43. The Balaban J connectivity index is 1.98. The fourth-order valence-electron chi connectivity index (χ4n) is 2.64. The number of hydrogen-bond acceptors (Lipinski definition) is 2. The van der Waals surface area contributed by atoms with E-state index in [9.17, 15) is 9.59 Å². The smallest absolute Gasteiger partial charge is 0.271 e. The van der Waals surface area contributed by atoms with Crippen molar-refractivity contribution in [1.82, 2.24) is 9.88 Å². The minimum Gasteiger partial charge on any atom is -0.351 e. The van der Waals surface area contributed by atoms with E-state index in [0.717, 1.165) is 10.9 Å². The SMILES string of the molecule is CC1(C)C(=O)CCN1C(=O)c1cc2ccccc2[nH]1. The minimum absolute atomic E-state index is 0.105. The van der Waals surface area contributed by atoms with E-state index in [-0.39, 0.29) is 11.7 Å². The number of rotatable bonds is 1. The summed E-state index contributed by atoms with van der Waals surface area (Å²) in [5, 5.41) is 1.01. The molecule has 1 aromatic carbocycles. The molecule has 1 amide bonds. The van der Waals surface area contributed by atoms with Crippen LogP contribution in [0.4, 0.5) is 0 Å². The number of Topliss-reactive ketones (excluding diaryl/α,β-unsaturated/α-hetero) is 1. The molecule has 0 aliphatic carbocycles. The van der Waals surface area contributed by atoms with Crippen molar-refractivity contribution in [2.45, 2.75) is 25.8 Å². The van der Waals surface area contributed by atoms with Crippen LogP contribution in [0.2, 0.25) is 0 Å². The first kappa shape index (κ1) is 12.0. The van der Waals surface area contributed by atoms with Crippen molar-refractivity contribution in [3.05, 3.63) is 36.0 Å². The second kappa shape index (κ2) is 3.95. The molecule has 3 rings (SSSR count). The van der Waals surface area contributed by atoms with Crippen molar-refractivity contribution in [1.29, 1.82) is 0 Å². The average Bonchev–Trinajstić information content (AvgIpc) is 2.91. The van der Waals surface area contributed by atoms with Crippen molar-refractivity contribution in [3.8, 4) is 0 Å². The zero-order valence-electron chi connectivity index (χ0n) is 11.1. The summed E-state index contributed by atoms with van der Waals surface area (Å²) in [5.41, 5.74) is 0.784. The van der Waals surface area contributed by atoms with Crippen LogP contribution >= 0.6 is 0 Å². The first-order valence-electron chi connectivity index (χ1n) is 6.43. The zero-order chi connectivity index (χ0) is 13.6. The predicted octanol–water partition coefficient (Wildman–Crippen LogP) is 2.36. The molecular weight excluding hydrogens is 240 g/mol. The molecule has 98 valence electrons. The third kappa shape index (κ3) is 1.75. The highest BCUT2D eigenvalue weighted by atomic mass is 16.2. The summed E-state index contributed by atoms with van der Waals surface area (Å²) in [6, 6.07) is 9.61. The number of aromatic amines is 1. The van der Waals surface area contributed by atoms with Gasteiger partial charge in [0.05, 0.1) is 5.54 Å². The summed E-state index contributed by atoms with van der Waals surface area (Å²) in [5.74, 6) is 0.0176. The summed E-state index contributed by atoms with van der Waals surface area (Å²) in [6.45, 7) is 4.12. The Morgan fingerprint density at radius 2 is 2.05 bits per heavy atom. The molecule has 0 atom stereocenters. The Morgan fingerprint density at radius 3 is 2.68 bits per heavy atom. The molecule has 4 heteroatoms. The van der Waals surface area contributed by atoms with Gasteiger partial charge < -0.3 is 9.88 Å². The van der Waals surface area contributed by atoms with Crippen molar-refractivity contribution in [3.63, 3.8) is 0 Å². The second-order valence-electron chi connectivity index (χ2n) is 5.46. The number of fused-ring (bicyclic) bond motifs is 1. The van der Waals surface area contributed by atoms with Crippen LogP contribution in [0.1, 0.15) is 30.8 Å². The van der Waals surface area contributed by atoms with Crippen LogP contribution in [0.3, 0.4) is 0 Å². The topological polar surface area (TPSA) is 53.2 Å². The number of hydrogen-bond donors (Lipinski definition) is 1. The van der Waals surface area contributed by atoms with Gasteiger partial charge in [-0.2, -0.15) is 0 Å². The highest BCUT2D eigenvalue weighted by molar-refractivity contribution is 6.03. The number of carbonyl (C=O) groups is 2. The molecule has 0 spiro atoms. The van der Waals surface area contributed by atoms with Crippen molar-refractivity contribution in [2.24, 2.45) is 0 Å². The van der Waals surface area contributed by atoms with Gasteiger partial charge in [-0.25, -0.2) is 0 Å². The van der Waals surface area contributed by atoms with Crippen LogP contribution in [0.15, 0.2) is 30.3 Å². The Bertz CT molecular complexity index is 637. The second-order valence-corrected chi connectivity index (χ2v) is 5.46. The fraction of sp³-hybridized carbons (Fsp3) is 0.333. The van der Waals surface area contributed by atoms with Gasteiger partial charge in [0, 0.05) is 23.9 Å². The maximum Gasteiger partial charge on any atom is 0.271 e. The van der Waals surface area contributed by atoms with E-state index in [4.69, 9.17) is 0 Å². The molecule has 0 saturated carbocycles. The lowest BCUT2D eigenvalue weighted by Gasteiger charge is -2.29. The van der Waals surface area contributed by atoms with Gasteiger partial charge in [0.2, 0.25) is 0 Å². The summed E-state index contributed by atoms with van der Waals surface area (Å²) >= 11 is 0. The van der Waals surface area contributed by atoms with E-state index in [1.54, 1.807) is 4.90 Å². The molecule has 2 aromatic rings. The molecule has 19 heavy (non-hydrogen) atoms. The maximum absolute atomic E-state index is 12.5. The third-order valence-electron chi connectivity index (χ3n) is 3.93. The zero-order valence-corrected chi connectivity index (χ0v) is 11.1. The van der Waals surface area contributed by atoms with Crippen molar-refractivity contribution in [2.75, 3.05) is 6.54 Å². The summed E-state index contributed by atoms with van der Waals surface area (Å²) in [6.07, 6.45) is 0.443. The maximum atomic E-state index is 12.5. The number of amides is 1. The first-order chi connectivity index (χ1) is 9.00. The molecule has 0 bridgehead atoms. The Morgan fingerprint density at radius 1 is 1.32 bits per heavy atom. The van der Waals surface area contributed by atoms with Gasteiger partial charge in [-0.15, -0.1) is 0 Å². The van der Waals surface area contributed by atoms with Crippen LogP contribution in [-0.2, 0) is 4.79 Å². The summed E-state index contributed by atoms with van der Waals surface area (Å²) in [4.78, 5) is 29.1. The quantitative estimate of drug-likeness (QED) is 0.851. The monoisotopic (exact) mass is 256 g/mol. The van der Waals surface area contributed by atoms with Crippen molar-refractivity contribution >= 4 is 22.6 Å². The van der Waals surface area contributed by atoms with Crippen molar-refractivity contribution < 1.29 is 9.59 Å². The third-order valence-corrected chi connectivity index (χ3v) is 3.93. The molecule has 4 nitrogen and oxygen atoms in total.